The number of benzene rings is 1. The number of hydrogen-bond acceptors (Lipinski definition) is 3. The molecule has 0 spiro atoms. The normalized spacial score (nSPS) is 18.3. The van der Waals surface area contributed by atoms with E-state index in [9.17, 15) is 4.79 Å². The van der Waals surface area contributed by atoms with Crippen LogP contribution in [0.3, 0.4) is 0 Å². The van der Waals surface area contributed by atoms with Gasteiger partial charge in [-0.15, -0.1) is 12.4 Å². The van der Waals surface area contributed by atoms with Gasteiger partial charge in [-0.1, -0.05) is 26.0 Å². The highest BCUT2D eigenvalue weighted by atomic mass is 35.5. The van der Waals surface area contributed by atoms with Crippen molar-refractivity contribution in [3.05, 3.63) is 29.8 Å². The fraction of sp³-hybridized carbons (Fsp3) is 0.611. The van der Waals surface area contributed by atoms with Crippen LogP contribution in [-0.4, -0.2) is 25.1 Å². The molecule has 1 aliphatic rings. The standard InChI is InChI=1S/C18H28N2O2.ClH/c1-13(2)12-22-17-8-6-15(7-9-17)14(3)20-18(21)11-16-5-4-10-19-16;/h6-9,13-14,16,19H,4-5,10-12H2,1-3H3,(H,20,21);1H. The lowest BCUT2D eigenvalue weighted by Crippen LogP contribution is -2.33. The summed E-state index contributed by atoms with van der Waals surface area (Å²) in [5.74, 6) is 1.51. The van der Waals surface area contributed by atoms with Gasteiger partial charge in [-0.3, -0.25) is 4.79 Å². The number of halogens is 1. The van der Waals surface area contributed by atoms with Gasteiger partial charge in [-0.25, -0.2) is 0 Å². The molecule has 0 radical (unpaired) electrons. The van der Waals surface area contributed by atoms with Crippen molar-refractivity contribution in [1.29, 1.82) is 0 Å². The lowest BCUT2D eigenvalue weighted by atomic mass is 10.1. The number of ether oxygens (including phenoxy) is 1. The molecule has 1 saturated heterocycles. The third-order valence-corrected chi connectivity index (χ3v) is 3.94. The lowest BCUT2D eigenvalue weighted by molar-refractivity contribution is -0.122. The molecule has 0 saturated carbocycles. The molecule has 1 fully saturated rings. The van der Waals surface area contributed by atoms with E-state index in [1.807, 2.05) is 31.2 Å². The number of carbonyl (C=O) groups excluding carboxylic acids is 1. The number of rotatable bonds is 7. The van der Waals surface area contributed by atoms with Crippen LogP contribution in [-0.2, 0) is 4.79 Å². The molecule has 1 heterocycles. The van der Waals surface area contributed by atoms with Gasteiger partial charge in [0.15, 0.2) is 0 Å². The summed E-state index contributed by atoms with van der Waals surface area (Å²) in [6.45, 7) is 8.03. The summed E-state index contributed by atoms with van der Waals surface area (Å²) in [6.07, 6.45) is 2.84. The van der Waals surface area contributed by atoms with Crippen molar-refractivity contribution < 1.29 is 9.53 Å². The summed E-state index contributed by atoms with van der Waals surface area (Å²) in [6, 6.07) is 8.35. The SMILES string of the molecule is CC(C)COc1ccc(C(C)NC(=O)CC2CCCN2)cc1.Cl. The largest absolute Gasteiger partial charge is 0.493 e. The topological polar surface area (TPSA) is 50.4 Å². The maximum Gasteiger partial charge on any atom is 0.222 e. The van der Waals surface area contributed by atoms with Crippen LogP contribution in [0.15, 0.2) is 24.3 Å². The van der Waals surface area contributed by atoms with Crippen LogP contribution >= 0.6 is 12.4 Å². The van der Waals surface area contributed by atoms with Crippen LogP contribution in [0.4, 0.5) is 0 Å². The first-order chi connectivity index (χ1) is 10.5. The second-order valence-electron chi connectivity index (χ2n) is 6.56. The van der Waals surface area contributed by atoms with E-state index in [1.165, 1.54) is 6.42 Å². The van der Waals surface area contributed by atoms with Gasteiger partial charge < -0.3 is 15.4 Å². The molecule has 1 amide bonds. The van der Waals surface area contributed by atoms with E-state index in [2.05, 4.69) is 24.5 Å². The minimum absolute atomic E-state index is 0. The van der Waals surface area contributed by atoms with Gasteiger partial charge in [0.05, 0.1) is 12.6 Å². The summed E-state index contributed by atoms with van der Waals surface area (Å²) in [7, 11) is 0. The smallest absolute Gasteiger partial charge is 0.222 e. The maximum atomic E-state index is 12.1. The van der Waals surface area contributed by atoms with E-state index >= 15 is 0 Å². The Labute approximate surface area is 145 Å². The first-order valence-corrected chi connectivity index (χ1v) is 8.30. The van der Waals surface area contributed by atoms with Crippen LogP contribution in [0.25, 0.3) is 0 Å². The molecular weight excluding hydrogens is 312 g/mol. The van der Waals surface area contributed by atoms with Gasteiger partial charge in [-0.2, -0.15) is 0 Å². The monoisotopic (exact) mass is 340 g/mol. The molecule has 0 aromatic heterocycles. The Morgan fingerprint density at radius 2 is 2.00 bits per heavy atom. The number of nitrogens with one attached hydrogen (secondary N) is 2. The first-order valence-electron chi connectivity index (χ1n) is 8.30. The van der Waals surface area contributed by atoms with Crippen LogP contribution < -0.4 is 15.4 Å². The molecule has 1 aliphatic heterocycles. The quantitative estimate of drug-likeness (QED) is 0.799. The Morgan fingerprint density at radius 3 is 2.57 bits per heavy atom. The van der Waals surface area contributed by atoms with Crippen molar-refractivity contribution in [1.82, 2.24) is 10.6 Å². The molecule has 0 aliphatic carbocycles. The van der Waals surface area contributed by atoms with Crippen molar-refractivity contribution >= 4 is 18.3 Å². The minimum Gasteiger partial charge on any atom is -0.493 e. The molecule has 4 nitrogen and oxygen atoms in total. The summed E-state index contributed by atoms with van der Waals surface area (Å²) in [5.41, 5.74) is 1.10. The Morgan fingerprint density at radius 1 is 1.30 bits per heavy atom. The van der Waals surface area contributed by atoms with Crippen molar-refractivity contribution in [2.45, 2.75) is 52.1 Å². The molecule has 1 aromatic rings. The Kier molecular flexibility index (Phi) is 8.42. The first kappa shape index (κ1) is 19.8. The number of hydrogen-bond donors (Lipinski definition) is 2. The third-order valence-electron chi connectivity index (χ3n) is 3.94. The van der Waals surface area contributed by atoms with Crippen LogP contribution in [0.2, 0.25) is 0 Å². The molecule has 130 valence electrons. The highest BCUT2D eigenvalue weighted by Crippen LogP contribution is 2.18. The zero-order valence-electron chi connectivity index (χ0n) is 14.3. The van der Waals surface area contributed by atoms with E-state index in [1.54, 1.807) is 0 Å². The number of carbonyl (C=O) groups is 1. The maximum absolute atomic E-state index is 12.1. The second kappa shape index (κ2) is 9.78. The average molecular weight is 341 g/mol. The van der Waals surface area contributed by atoms with Crippen molar-refractivity contribution in [3.8, 4) is 5.75 Å². The fourth-order valence-corrected chi connectivity index (χ4v) is 2.65. The van der Waals surface area contributed by atoms with Crippen LogP contribution in [0, 0.1) is 5.92 Å². The minimum atomic E-state index is 0. The van der Waals surface area contributed by atoms with Gasteiger partial charge in [-0.05, 0) is 49.9 Å². The van der Waals surface area contributed by atoms with E-state index in [4.69, 9.17) is 4.74 Å². The van der Waals surface area contributed by atoms with Gasteiger partial charge in [0.2, 0.25) is 5.91 Å². The third kappa shape index (κ3) is 6.80. The van der Waals surface area contributed by atoms with Crippen molar-refractivity contribution in [2.75, 3.05) is 13.2 Å². The van der Waals surface area contributed by atoms with Crippen molar-refractivity contribution in [3.63, 3.8) is 0 Å². The Balaban J connectivity index is 0.00000264. The van der Waals surface area contributed by atoms with E-state index in [0.29, 0.717) is 18.4 Å². The van der Waals surface area contributed by atoms with Crippen LogP contribution in [0.1, 0.15) is 51.6 Å². The predicted molar refractivity (Wildman–Crippen MR) is 96.2 cm³/mol. The molecule has 23 heavy (non-hydrogen) atoms. The van der Waals surface area contributed by atoms with Gasteiger partial charge >= 0.3 is 0 Å². The molecular formula is C18H29ClN2O2. The van der Waals surface area contributed by atoms with E-state index < -0.39 is 0 Å². The van der Waals surface area contributed by atoms with Gasteiger partial charge in [0.1, 0.15) is 5.75 Å². The summed E-state index contributed by atoms with van der Waals surface area (Å²) < 4.78 is 5.68. The predicted octanol–water partition coefficient (Wildman–Crippen LogP) is 3.46. The molecule has 2 N–H and O–H groups in total. The van der Waals surface area contributed by atoms with Crippen molar-refractivity contribution in [2.24, 2.45) is 5.92 Å². The Hall–Kier alpha value is -1.26. The van der Waals surface area contributed by atoms with E-state index in [0.717, 1.165) is 30.9 Å². The zero-order valence-corrected chi connectivity index (χ0v) is 15.1. The second-order valence-corrected chi connectivity index (χ2v) is 6.56. The summed E-state index contributed by atoms with van der Waals surface area (Å²) in [5, 5.41) is 6.43. The molecule has 2 rings (SSSR count). The van der Waals surface area contributed by atoms with E-state index in [-0.39, 0.29) is 24.4 Å². The molecule has 1 aromatic carbocycles. The highest BCUT2D eigenvalue weighted by Gasteiger charge is 2.18. The van der Waals surface area contributed by atoms with Gasteiger partial charge in [0, 0.05) is 12.5 Å². The highest BCUT2D eigenvalue weighted by molar-refractivity contribution is 5.85. The summed E-state index contributed by atoms with van der Waals surface area (Å²) >= 11 is 0. The molecule has 2 unspecified atom stereocenters. The molecule has 0 bridgehead atoms. The van der Waals surface area contributed by atoms with Crippen LogP contribution in [0.5, 0.6) is 5.75 Å². The zero-order chi connectivity index (χ0) is 15.9. The average Bonchev–Trinajstić information content (AvgIpc) is 2.98. The number of amides is 1. The summed E-state index contributed by atoms with van der Waals surface area (Å²) in [4.78, 5) is 12.1. The lowest BCUT2D eigenvalue weighted by Gasteiger charge is -2.17. The Bertz CT molecular complexity index is 470. The molecule has 5 heteroatoms. The fourth-order valence-electron chi connectivity index (χ4n) is 2.65. The van der Waals surface area contributed by atoms with Gasteiger partial charge in [0.25, 0.3) is 0 Å². The molecule has 2 atom stereocenters.